The van der Waals surface area contributed by atoms with Gasteiger partial charge in [-0.05, 0) is 25.3 Å². The molecule has 0 bridgehead atoms. The van der Waals surface area contributed by atoms with E-state index in [1.807, 2.05) is 12.2 Å². The minimum absolute atomic E-state index is 0.108. The number of hydrogen-bond donors (Lipinski definition) is 0. The molecule has 1 unspecified atom stereocenters. The van der Waals surface area contributed by atoms with Crippen molar-refractivity contribution in [3.05, 3.63) is 24.8 Å². The SMILES string of the molecule is C=CC(C)C/C=C\C(C)=O. The molecule has 0 rings (SSSR count). The molecule has 56 valence electrons. The van der Waals surface area contributed by atoms with Crippen LogP contribution in [0.1, 0.15) is 20.3 Å². The topological polar surface area (TPSA) is 17.1 Å². The van der Waals surface area contributed by atoms with Crippen LogP contribution in [0.3, 0.4) is 0 Å². The number of rotatable bonds is 4. The van der Waals surface area contributed by atoms with Crippen LogP contribution < -0.4 is 0 Å². The quantitative estimate of drug-likeness (QED) is 0.430. The number of carbonyl (C=O) groups is 1. The molecule has 0 aliphatic rings. The second-order valence-corrected chi connectivity index (χ2v) is 2.46. The zero-order valence-corrected chi connectivity index (χ0v) is 6.63. The first kappa shape index (κ1) is 9.15. The Morgan fingerprint density at radius 1 is 1.70 bits per heavy atom. The van der Waals surface area contributed by atoms with Crippen LogP contribution in [0.25, 0.3) is 0 Å². The average molecular weight is 138 g/mol. The van der Waals surface area contributed by atoms with Gasteiger partial charge in [0, 0.05) is 0 Å². The van der Waals surface area contributed by atoms with Crippen LogP contribution in [-0.2, 0) is 4.79 Å². The van der Waals surface area contributed by atoms with Gasteiger partial charge in [0.2, 0.25) is 0 Å². The van der Waals surface area contributed by atoms with Gasteiger partial charge in [-0.3, -0.25) is 4.79 Å². The van der Waals surface area contributed by atoms with Crippen molar-refractivity contribution in [3.63, 3.8) is 0 Å². The Bertz CT molecular complexity index is 145. The molecule has 1 atom stereocenters. The number of ketones is 1. The Labute approximate surface area is 62.4 Å². The summed E-state index contributed by atoms with van der Waals surface area (Å²) in [6, 6.07) is 0. The van der Waals surface area contributed by atoms with E-state index in [1.54, 1.807) is 13.0 Å². The van der Waals surface area contributed by atoms with E-state index < -0.39 is 0 Å². The molecule has 10 heavy (non-hydrogen) atoms. The van der Waals surface area contributed by atoms with Crippen LogP contribution in [0.5, 0.6) is 0 Å². The van der Waals surface area contributed by atoms with Crippen molar-refractivity contribution in [1.29, 1.82) is 0 Å². The van der Waals surface area contributed by atoms with Gasteiger partial charge in [-0.25, -0.2) is 0 Å². The highest BCUT2D eigenvalue weighted by Gasteiger charge is 1.90. The second kappa shape index (κ2) is 4.98. The minimum Gasteiger partial charge on any atom is -0.295 e. The first-order chi connectivity index (χ1) is 4.66. The van der Waals surface area contributed by atoms with Gasteiger partial charge in [0.05, 0.1) is 0 Å². The molecule has 0 fully saturated rings. The molecule has 0 radical (unpaired) electrons. The molecule has 0 aliphatic heterocycles. The third-order valence-electron chi connectivity index (χ3n) is 1.26. The molecule has 0 aromatic rings. The van der Waals surface area contributed by atoms with Crippen LogP contribution >= 0.6 is 0 Å². The third-order valence-corrected chi connectivity index (χ3v) is 1.26. The normalized spacial score (nSPS) is 13.4. The van der Waals surface area contributed by atoms with Gasteiger partial charge in [0.1, 0.15) is 0 Å². The third kappa shape index (κ3) is 5.29. The van der Waals surface area contributed by atoms with Crippen LogP contribution in [-0.4, -0.2) is 5.78 Å². The number of allylic oxidation sites excluding steroid dienone is 3. The maximum absolute atomic E-state index is 10.4. The number of hydrogen-bond acceptors (Lipinski definition) is 1. The molecule has 0 aromatic carbocycles. The predicted octanol–water partition coefficient (Wildman–Crippen LogP) is 2.34. The summed E-state index contributed by atoms with van der Waals surface area (Å²) in [6.07, 6.45) is 6.27. The lowest BCUT2D eigenvalue weighted by molar-refractivity contribution is -0.112. The van der Waals surface area contributed by atoms with Gasteiger partial charge in [-0.15, -0.1) is 6.58 Å². The summed E-state index contributed by atoms with van der Waals surface area (Å²) in [5.41, 5.74) is 0. The lowest BCUT2D eigenvalue weighted by atomic mass is 10.1. The van der Waals surface area contributed by atoms with Gasteiger partial charge in [-0.1, -0.05) is 19.1 Å². The van der Waals surface area contributed by atoms with Crippen LogP contribution in [0.4, 0.5) is 0 Å². The predicted molar refractivity (Wildman–Crippen MR) is 43.8 cm³/mol. The van der Waals surface area contributed by atoms with Gasteiger partial charge in [-0.2, -0.15) is 0 Å². The molecular formula is C9H14O. The van der Waals surface area contributed by atoms with Crippen molar-refractivity contribution in [1.82, 2.24) is 0 Å². The summed E-state index contributed by atoms with van der Waals surface area (Å²) in [6.45, 7) is 7.26. The minimum atomic E-state index is 0.108. The van der Waals surface area contributed by atoms with E-state index in [9.17, 15) is 4.79 Å². The highest BCUT2D eigenvalue weighted by atomic mass is 16.1. The van der Waals surface area contributed by atoms with E-state index in [0.29, 0.717) is 5.92 Å². The van der Waals surface area contributed by atoms with Gasteiger partial charge in [0.15, 0.2) is 5.78 Å². The molecule has 0 saturated carbocycles. The lowest BCUT2D eigenvalue weighted by Gasteiger charge is -1.97. The van der Waals surface area contributed by atoms with Crippen LogP contribution in [0.15, 0.2) is 24.8 Å². The summed E-state index contributed by atoms with van der Waals surface area (Å²) in [5.74, 6) is 0.576. The second-order valence-electron chi connectivity index (χ2n) is 2.46. The Hall–Kier alpha value is -0.850. The molecule has 0 heterocycles. The summed E-state index contributed by atoms with van der Waals surface area (Å²) in [7, 11) is 0. The molecule has 0 aromatic heterocycles. The van der Waals surface area contributed by atoms with Crippen molar-refractivity contribution >= 4 is 5.78 Å². The molecule has 0 aliphatic carbocycles. The average Bonchev–Trinajstić information content (AvgIpc) is 1.87. The van der Waals surface area contributed by atoms with Crippen molar-refractivity contribution in [2.24, 2.45) is 5.92 Å². The number of carbonyl (C=O) groups excluding carboxylic acids is 1. The Balaban J connectivity index is 3.52. The van der Waals surface area contributed by atoms with E-state index in [0.717, 1.165) is 6.42 Å². The molecule has 1 heteroatoms. The van der Waals surface area contributed by atoms with Crippen molar-refractivity contribution in [2.45, 2.75) is 20.3 Å². The molecule has 0 saturated heterocycles. The van der Waals surface area contributed by atoms with E-state index in [4.69, 9.17) is 0 Å². The highest BCUT2D eigenvalue weighted by Crippen LogP contribution is 2.02. The fourth-order valence-corrected chi connectivity index (χ4v) is 0.545. The van der Waals surface area contributed by atoms with E-state index >= 15 is 0 Å². The maximum atomic E-state index is 10.4. The van der Waals surface area contributed by atoms with Gasteiger partial charge in [0.25, 0.3) is 0 Å². The first-order valence-electron chi connectivity index (χ1n) is 3.46. The summed E-state index contributed by atoms with van der Waals surface area (Å²) in [5, 5.41) is 0. The van der Waals surface area contributed by atoms with Gasteiger partial charge >= 0.3 is 0 Å². The van der Waals surface area contributed by atoms with Crippen molar-refractivity contribution in [3.8, 4) is 0 Å². The maximum Gasteiger partial charge on any atom is 0.152 e. The Morgan fingerprint density at radius 3 is 2.70 bits per heavy atom. The summed E-state index contributed by atoms with van der Waals surface area (Å²) < 4.78 is 0. The molecule has 0 N–H and O–H groups in total. The van der Waals surface area contributed by atoms with Crippen LogP contribution in [0.2, 0.25) is 0 Å². The van der Waals surface area contributed by atoms with E-state index in [1.165, 1.54) is 0 Å². The summed E-state index contributed by atoms with van der Waals surface area (Å²) >= 11 is 0. The van der Waals surface area contributed by atoms with Crippen molar-refractivity contribution < 1.29 is 4.79 Å². The lowest BCUT2D eigenvalue weighted by Crippen LogP contribution is -1.86. The molecular weight excluding hydrogens is 124 g/mol. The zero-order valence-electron chi connectivity index (χ0n) is 6.63. The monoisotopic (exact) mass is 138 g/mol. The highest BCUT2D eigenvalue weighted by molar-refractivity contribution is 5.87. The van der Waals surface area contributed by atoms with Crippen molar-refractivity contribution in [2.75, 3.05) is 0 Å². The smallest absolute Gasteiger partial charge is 0.152 e. The fraction of sp³-hybridized carbons (Fsp3) is 0.444. The molecule has 0 spiro atoms. The molecule has 1 nitrogen and oxygen atoms in total. The largest absolute Gasteiger partial charge is 0.295 e. The fourth-order valence-electron chi connectivity index (χ4n) is 0.545. The molecule has 0 amide bonds. The Kier molecular flexibility index (Phi) is 4.55. The van der Waals surface area contributed by atoms with E-state index in [-0.39, 0.29) is 5.78 Å². The van der Waals surface area contributed by atoms with Gasteiger partial charge < -0.3 is 0 Å². The summed E-state index contributed by atoms with van der Waals surface area (Å²) in [4.78, 5) is 10.4. The standard InChI is InChI=1S/C9H14O/c1-4-8(2)6-5-7-9(3)10/h4-5,7-8H,1,6H2,2-3H3/b7-5-. The van der Waals surface area contributed by atoms with E-state index in [2.05, 4.69) is 13.5 Å². The first-order valence-corrected chi connectivity index (χ1v) is 3.46. The Morgan fingerprint density at radius 2 is 2.30 bits per heavy atom. The zero-order chi connectivity index (χ0) is 7.98. The van der Waals surface area contributed by atoms with Crippen LogP contribution in [0, 0.1) is 5.92 Å².